The van der Waals surface area contributed by atoms with Gasteiger partial charge in [-0.25, -0.2) is 0 Å². The molecule has 1 aliphatic carbocycles. The molecule has 2 heteroatoms. The number of nitrogens with one attached hydrogen (secondary N) is 1. The lowest BCUT2D eigenvalue weighted by atomic mass is 10.00. The molecule has 0 atom stereocenters. The summed E-state index contributed by atoms with van der Waals surface area (Å²) in [6, 6.07) is 4.50. The van der Waals surface area contributed by atoms with Crippen LogP contribution in [0, 0.1) is 20.8 Å². The van der Waals surface area contributed by atoms with Crippen molar-refractivity contribution in [2.45, 2.75) is 52.5 Å². The van der Waals surface area contributed by atoms with Crippen LogP contribution in [0.25, 0.3) is 0 Å². The third kappa shape index (κ3) is 2.68. The number of amides is 1. The standard InChI is InChI=1S/C15H21NO/c1-10-8-12(3)14(9-11(10)2)15(17)16-13-6-4-5-7-13/h8-9,13H,4-7H2,1-3H3,(H,16,17). The van der Waals surface area contributed by atoms with Gasteiger partial charge in [0.05, 0.1) is 0 Å². The van der Waals surface area contributed by atoms with Crippen molar-refractivity contribution in [3.63, 3.8) is 0 Å². The van der Waals surface area contributed by atoms with Gasteiger partial charge in [-0.05, 0) is 56.4 Å². The van der Waals surface area contributed by atoms with Crippen LogP contribution in [0.4, 0.5) is 0 Å². The number of benzene rings is 1. The summed E-state index contributed by atoms with van der Waals surface area (Å²) in [5, 5.41) is 3.14. The van der Waals surface area contributed by atoms with E-state index >= 15 is 0 Å². The Balaban J connectivity index is 2.15. The highest BCUT2D eigenvalue weighted by Gasteiger charge is 2.19. The van der Waals surface area contributed by atoms with E-state index in [-0.39, 0.29) is 5.91 Å². The number of rotatable bonds is 2. The Morgan fingerprint density at radius 2 is 1.65 bits per heavy atom. The lowest BCUT2D eigenvalue weighted by Crippen LogP contribution is -2.33. The van der Waals surface area contributed by atoms with Crippen molar-refractivity contribution in [1.29, 1.82) is 0 Å². The van der Waals surface area contributed by atoms with Gasteiger partial charge in [-0.15, -0.1) is 0 Å². The average Bonchev–Trinajstić information content (AvgIpc) is 2.76. The van der Waals surface area contributed by atoms with E-state index < -0.39 is 0 Å². The van der Waals surface area contributed by atoms with E-state index in [9.17, 15) is 4.79 Å². The highest BCUT2D eigenvalue weighted by atomic mass is 16.1. The molecule has 0 aromatic heterocycles. The molecule has 0 spiro atoms. The molecule has 1 saturated carbocycles. The molecule has 2 nitrogen and oxygen atoms in total. The zero-order chi connectivity index (χ0) is 12.4. The SMILES string of the molecule is Cc1cc(C)c(C(=O)NC2CCCC2)cc1C. The third-order valence-corrected chi connectivity index (χ3v) is 3.78. The van der Waals surface area contributed by atoms with E-state index in [1.165, 1.54) is 24.0 Å². The van der Waals surface area contributed by atoms with Crippen LogP contribution in [0.15, 0.2) is 12.1 Å². The summed E-state index contributed by atoms with van der Waals surface area (Å²) < 4.78 is 0. The molecule has 1 aromatic carbocycles. The van der Waals surface area contributed by atoms with Gasteiger partial charge in [0.2, 0.25) is 0 Å². The number of carbonyl (C=O) groups excluding carboxylic acids is 1. The third-order valence-electron chi connectivity index (χ3n) is 3.78. The van der Waals surface area contributed by atoms with Crippen molar-refractivity contribution in [3.8, 4) is 0 Å². The minimum absolute atomic E-state index is 0.0949. The van der Waals surface area contributed by atoms with Crippen molar-refractivity contribution in [2.75, 3.05) is 0 Å². The Morgan fingerprint density at radius 3 is 2.29 bits per heavy atom. The zero-order valence-corrected chi connectivity index (χ0v) is 11.0. The minimum Gasteiger partial charge on any atom is -0.349 e. The van der Waals surface area contributed by atoms with E-state index in [0.29, 0.717) is 6.04 Å². The van der Waals surface area contributed by atoms with Gasteiger partial charge in [-0.1, -0.05) is 18.9 Å². The van der Waals surface area contributed by atoms with Crippen molar-refractivity contribution >= 4 is 5.91 Å². The summed E-state index contributed by atoms with van der Waals surface area (Å²) in [6.45, 7) is 6.15. The van der Waals surface area contributed by atoms with Crippen LogP contribution in [0.5, 0.6) is 0 Å². The molecule has 1 amide bonds. The van der Waals surface area contributed by atoms with Crippen molar-refractivity contribution in [3.05, 3.63) is 34.4 Å². The maximum absolute atomic E-state index is 12.2. The van der Waals surface area contributed by atoms with Crippen LogP contribution in [0.1, 0.15) is 52.7 Å². The summed E-state index contributed by atoms with van der Waals surface area (Å²) >= 11 is 0. The predicted octanol–water partition coefficient (Wildman–Crippen LogP) is 3.28. The molecule has 1 aromatic rings. The van der Waals surface area contributed by atoms with Crippen LogP contribution in [-0.2, 0) is 0 Å². The second kappa shape index (κ2) is 4.91. The van der Waals surface area contributed by atoms with Gasteiger partial charge in [0.15, 0.2) is 0 Å². The van der Waals surface area contributed by atoms with Crippen LogP contribution in [0.2, 0.25) is 0 Å². The lowest BCUT2D eigenvalue weighted by Gasteiger charge is -2.14. The minimum atomic E-state index is 0.0949. The smallest absolute Gasteiger partial charge is 0.251 e. The number of carbonyl (C=O) groups is 1. The van der Waals surface area contributed by atoms with E-state index in [1.54, 1.807) is 0 Å². The van der Waals surface area contributed by atoms with Gasteiger partial charge in [-0.2, -0.15) is 0 Å². The maximum atomic E-state index is 12.2. The Morgan fingerprint density at radius 1 is 1.06 bits per heavy atom. The van der Waals surface area contributed by atoms with E-state index in [4.69, 9.17) is 0 Å². The number of hydrogen-bond donors (Lipinski definition) is 1. The normalized spacial score (nSPS) is 16.2. The second-order valence-corrected chi connectivity index (χ2v) is 5.21. The van der Waals surface area contributed by atoms with Crippen molar-refractivity contribution in [1.82, 2.24) is 5.32 Å². The average molecular weight is 231 g/mol. The zero-order valence-electron chi connectivity index (χ0n) is 11.0. The van der Waals surface area contributed by atoms with Crippen molar-refractivity contribution < 1.29 is 4.79 Å². The van der Waals surface area contributed by atoms with Crippen LogP contribution in [0.3, 0.4) is 0 Å². The molecule has 17 heavy (non-hydrogen) atoms. The topological polar surface area (TPSA) is 29.1 Å². The molecule has 0 heterocycles. The molecular weight excluding hydrogens is 210 g/mol. The molecule has 1 fully saturated rings. The molecule has 0 unspecified atom stereocenters. The molecule has 1 aliphatic rings. The molecule has 0 aliphatic heterocycles. The van der Waals surface area contributed by atoms with E-state index in [2.05, 4.69) is 25.2 Å². The Labute approximate surface area is 103 Å². The molecule has 0 bridgehead atoms. The first kappa shape index (κ1) is 12.2. The summed E-state index contributed by atoms with van der Waals surface area (Å²) in [6.07, 6.45) is 4.76. The molecule has 0 radical (unpaired) electrons. The lowest BCUT2D eigenvalue weighted by molar-refractivity contribution is 0.0937. The fraction of sp³-hybridized carbons (Fsp3) is 0.533. The van der Waals surface area contributed by atoms with E-state index in [0.717, 1.165) is 24.0 Å². The quantitative estimate of drug-likeness (QED) is 0.831. The molecule has 92 valence electrons. The maximum Gasteiger partial charge on any atom is 0.251 e. The van der Waals surface area contributed by atoms with E-state index in [1.807, 2.05) is 13.0 Å². The first-order chi connectivity index (χ1) is 8.08. The highest BCUT2D eigenvalue weighted by molar-refractivity contribution is 5.96. The summed E-state index contributed by atoms with van der Waals surface area (Å²) in [5.74, 6) is 0.0949. The number of hydrogen-bond acceptors (Lipinski definition) is 1. The Hall–Kier alpha value is -1.31. The summed E-state index contributed by atoms with van der Waals surface area (Å²) in [4.78, 5) is 12.2. The van der Waals surface area contributed by atoms with Gasteiger partial charge in [0.25, 0.3) is 5.91 Å². The largest absolute Gasteiger partial charge is 0.349 e. The van der Waals surface area contributed by atoms with Gasteiger partial charge in [0.1, 0.15) is 0 Å². The van der Waals surface area contributed by atoms with Gasteiger partial charge >= 0.3 is 0 Å². The van der Waals surface area contributed by atoms with Gasteiger partial charge in [0, 0.05) is 11.6 Å². The van der Waals surface area contributed by atoms with Gasteiger partial charge in [-0.3, -0.25) is 4.79 Å². The molecular formula is C15H21NO. The van der Waals surface area contributed by atoms with Crippen LogP contribution in [-0.4, -0.2) is 11.9 Å². The fourth-order valence-corrected chi connectivity index (χ4v) is 2.54. The molecule has 2 rings (SSSR count). The predicted molar refractivity (Wildman–Crippen MR) is 70.4 cm³/mol. The Kier molecular flexibility index (Phi) is 3.51. The van der Waals surface area contributed by atoms with Crippen LogP contribution >= 0.6 is 0 Å². The number of aryl methyl sites for hydroxylation is 3. The molecule has 1 N–H and O–H groups in total. The first-order valence-electron chi connectivity index (χ1n) is 6.46. The summed E-state index contributed by atoms with van der Waals surface area (Å²) in [5.41, 5.74) is 4.34. The first-order valence-corrected chi connectivity index (χ1v) is 6.46. The van der Waals surface area contributed by atoms with Crippen LogP contribution < -0.4 is 5.32 Å². The molecule has 0 saturated heterocycles. The van der Waals surface area contributed by atoms with Gasteiger partial charge < -0.3 is 5.32 Å². The fourth-order valence-electron chi connectivity index (χ4n) is 2.54. The Bertz CT molecular complexity index is 431. The second-order valence-electron chi connectivity index (χ2n) is 5.21. The summed E-state index contributed by atoms with van der Waals surface area (Å²) in [7, 11) is 0. The monoisotopic (exact) mass is 231 g/mol. The highest BCUT2D eigenvalue weighted by Crippen LogP contribution is 2.20. The van der Waals surface area contributed by atoms with Crippen molar-refractivity contribution in [2.24, 2.45) is 0 Å².